The molecule has 0 bridgehead atoms. The van der Waals surface area contributed by atoms with Crippen LogP contribution in [0, 0.1) is 6.92 Å². The summed E-state index contributed by atoms with van der Waals surface area (Å²) in [6.45, 7) is 11.4. The number of methoxy groups -OCH3 is 2. The topological polar surface area (TPSA) is 87.3 Å². The number of fused-ring (bicyclic) bond motifs is 1. The molecule has 0 saturated carbocycles. The number of hydrogen-bond acceptors (Lipinski definition) is 4. The van der Waals surface area contributed by atoms with E-state index >= 15 is 0 Å². The van der Waals surface area contributed by atoms with Crippen LogP contribution >= 0.6 is 0 Å². The number of rotatable bonds is 5. The number of aromatic amines is 2. The van der Waals surface area contributed by atoms with E-state index in [4.69, 9.17) is 9.47 Å². The number of nitrogens with one attached hydrogen (secondary N) is 2. The largest absolute Gasteiger partial charge is 0.496 e. The zero-order chi connectivity index (χ0) is 24.1. The summed E-state index contributed by atoms with van der Waals surface area (Å²) in [5.74, 6) is 1.20. The van der Waals surface area contributed by atoms with Crippen LogP contribution in [0.5, 0.6) is 17.4 Å². The van der Waals surface area contributed by atoms with Crippen LogP contribution in [-0.4, -0.2) is 29.3 Å². The fraction of sp³-hybridized carbons (Fsp3) is 0.444. The second kappa shape index (κ2) is 8.01. The van der Waals surface area contributed by atoms with Gasteiger partial charge in [0.1, 0.15) is 11.5 Å². The van der Waals surface area contributed by atoms with Crippen molar-refractivity contribution in [2.75, 3.05) is 14.2 Å². The molecule has 2 aromatic carbocycles. The van der Waals surface area contributed by atoms with E-state index in [-0.39, 0.29) is 16.7 Å². The van der Waals surface area contributed by atoms with Gasteiger partial charge in [0.05, 0.1) is 19.9 Å². The molecule has 1 aliphatic carbocycles. The molecule has 6 nitrogen and oxygen atoms in total. The van der Waals surface area contributed by atoms with Gasteiger partial charge in [-0.2, -0.15) is 0 Å². The Labute approximate surface area is 195 Å². The van der Waals surface area contributed by atoms with Crippen molar-refractivity contribution in [3.63, 3.8) is 0 Å². The van der Waals surface area contributed by atoms with Crippen molar-refractivity contribution in [3.8, 4) is 28.5 Å². The molecule has 0 atom stereocenters. The Morgan fingerprint density at radius 2 is 1.48 bits per heavy atom. The summed E-state index contributed by atoms with van der Waals surface area (Å²) in [6, 6.07) is 8.58. The van der Waals surface area contributed by atoms with Gasteiger partial charge < -0.3 is 19.6 Å². The first-order valence-corrected chi connectivity index (χ1v) is 11.4. The number of ether oxygens (including phenoxy) is 2. The van der Waals surface area contributed by atoms with Crippen molar-refractivity contribution in [2.45, 2.75) is 64.7 Å². The smallest absolute Gasteiger partial charge is 0.325 e. The lowest BCUT2D eigenvalue weighted by atomic mass is 9.62. The zero-order valence-corrected chi connectivity index (χ0v) is 20.6. The molecule has 33 heavy (non-hydrogen) atoms. The number of aryl methyl sites for hydroxylation is 1. The molecule has 0 saturated heterocycles. The van der Waals surface area contributed by atoms with Gasteiger partial charge >= 0.3 is 5.69 Å². The fourth-order valence-corrected chi connectivity index (χ4v) is 5.05. The third-order valence-electron chi connectivity index (χ3n) is 7.24. The maximum atomic E-state index is 11.6. The van der Waals surface area contributed by atoms with Crippen LogP contribution < -0.4 is 15.2 Å². The highest BCUT2D eigenvalue weighted by Crippen LogP contribution is 2.49. The van der Waals surface area contributed by atoms with E-state index in [2.05, 4.69) is 56.7 Å². The van der Waals surface area contributed by atoms with Gasteiger partial charge in [-0.05, 0) is 65.0 Å². The van der Waals surface area contributed by atoms with Crippen molar-refractivity contribution >= 4 is 0 Å². The molecule has 4 rings (SSSR count). The molecule has 176 valence electrons. The Morgan fingerprint density at radius 3 is 2.03 bits per heavy atom. The predicted octanol–water partition coefficient (Wildman–Crippen LogP) is 5.34. The Morgan fingerprint density at radius 1 is 0.879 bits per heavy atom. The second-order valence-electron chi connectivity index (χ2n) is 10.4. The highest BCUT2D eigenvalue weighted by molar-refractivity contribution is 5.77. The molecule has 0 spiro atoms. The lowest BCUT2D eigenvalue weighted by Gasteiger charge is -2.42. The van der Waals surface area contributed by atoms with Crippen LogP contribution in [0.3, 0.4) is 0 Å². The van der Waals surface area contributed by atoms with E-state index in [0.717, 1.165) is 28.9 Å². The first kappa shape index (κ1) is 23.0. The summed E-state index contributed by atoms with van der Waals surface area (Å²) in [7, 11) is 3.26. The first-order valence-electron chi connectivity index (χ1n) is 11.4. The Balaban J connectivity index is 1.91. The molecule has 1 aliphatic rings. The summed E-state index contributed by atoms with van der Waals surface area (Å²) in [5, 5.41) is 10.1. The SMILES string of the molecule is COc1cc(OC)c(-c2cc3c(cc2C)C(C)(C)CCC3(C)C)cc1Cc1[nH]c(=O)[nH]c1O. The average molecular weight is 451 g/mol. The van der Waals surface area contributed by atoms with Crippen LogP contribution in [0.2, 0.25) is 0 Å². The maximum Gasteiger partial charge on any atom is 0.325 e. The van der Waals surface area contributed by atoms with Gasteiger partial charge in [-0.15, -0.1) is 0 Å². The fourth-order valence-electron chi connectivity index (χ4n) is 5.05. The van der Waals surface area contributed by atoms with E-state index < -0.39 is 5.69 Å². The molecule has 0 amide bonds. The molecular weight excluding hydrogens is 416 g/mol. The molecule has 1 aromatic heterocycles. The molecule has 0 fully saturated rings. The quantitative estimate of drug-likeness (QED) is 0.490. The molecule has 0 radical (unpaired) electrons. The molecule has 0 unspecified atom stereocenters. The Kier molecular flexibility index (Phi) is 5.59. The summed E-state index contributed by atoms with van der Waals surface area (Å²) < 4.78 is 11.4. The summed E-state index contributed by atoms with van der Waals surface area (Å²) in [6.07, 6.45) is 2.62. The maximum absolute atomic E-state index is 11.6. The normalized spacial score (nSPS) is 16.3. The lowest BCUT2D eigenvalue weighted by molar-refractivity contribution is 0.332. The molecular formula is C27H34N2O4. The summed E-state index contributed by atoms with van der Waals surface area (Å²) in [5.41, 5.74) is 7.12. The van der Waals surface area contributed by atoms with Crippen LogP contribution in [0.15, 0.2) is 29.1 Å². The highest BCUT2D eigenvalue weighted by atomic mass is 16.5. The van der Waals surface area contributed by atoms with E-state index in [9.17, 15) is 9.90 Å². The van der Waals surface area contributed by atoms with Crippen molar-refractivity contribution in [1.29, 1.82) is 0 Å². The molecule has 6 heteroatoms. The highest BCUT2D eigenvalue weighted by Gasteiger charge is 2.37. The van der Waals surface area contributed by atoms with Gasteiger partial charge in [-0.1, -0.05) is 33.8 Å². The predicted molar refractivity (Wildman–Crippen MR) is 131 cm³/mol. The number of imidazole rings is 1. The van der Waals surface area contributed by atoms with Gasteiger partial charge in [0.15, 0.2) is 0 Å². The lowest BCUT2D eigenvalue weighted by Crippen LogP contribution is -2.34. The van der Waals surface area contributed by atoms with E-state index in [1.54, 1.807) is 14.2 Å². The van der Waals surface area contributed by atoms with E-state index in [0.29, 0.717) is 17.9 Å². The van der Waals surface area contributed by atoms with Crippen LogP contribution in [-0.2, 0) is 17.3 Å². The van der Waals surface area contributed by atoms with Gasteiger partial charge in [-0.25, -0.2) is 4.79 Å². The van der Waals surface area contributed by atoms with Crippen LogP contribution in [0.1, 0.15) is 68.5 Å². The van der Waals surface area contributed by atoms with Crippen LogP contribution in [0.25, 0.3) is 11.1 Å². The van der Waals surface area contributed by atoms with Crippen LogP contribution in [0.4, 0.5) is 0 Å². The number of aromatic nitrogens is 2. The van der Waals surface area contributed by atoms with Crippen molar-refractivity contribution < 1.29 is 14.6 Å². The van der Waals surface area contributed by atoms with Gasteiger partial charge in [0, 0.05) is 23.6 Å². The standard InChI is InChI=1S/C27H34N2O4/c1-15-10-19-20(27(4,5)9-8-26(19,2)3)13-17(15)18-11-16(22(32-6)14-23(18)33-7)12-21-24(30)29-25(31)28-21/h10-11,13-14,30H,8-9,12H2,1-7H3,(H2,28,29,31). The number of H-pyrrole nitrogens is 2. The number of aromatic hydroxyl groups is 1. The minimum absolute atomic E-state index is 0.0895. The monoisotopic (exact) mass is 450 g/mol. The minimum Gasteiger partial charge on any atom is -0.496 e. The molecule has 1 heterocycles. The number of benzene rings is 2. The van der Waals surface area contributed by atoms with Crippen molar-refractivity contribution in [1.82, 2.24) is 9.97 Å². The third-order valence-corrected chi connectivity index (χ3v) is 7.24. The van der Waals surface area contributed by atoms with Gasteiger partial charge in [-0.3, -0.25) is 4.98 Å². The zero-order valence-electron chi connectivity index (χ0n) is 20.6. The average Bonchev–Trinajstić information content (AvgIpc) is 3.07. The molecule has 3 aromatic rings. The van der Waals surface area contributed by atoms with E-state index in [1.165, 1.54) is 23.1 Å². The Bertz CT molecular complexity index is 1260. The molecule has 3 N–H and O–H groups in total. The third kappa shape index (κ3) is 4.03. The number of hydrogen-bond donors (Lipinski definition) is 3. The van der Waals surface area contributed by atoms with Crippen molar-refractivity contribution in [2.24, 2.45) is 0 Å². The first-order chi connectivity index (χ1) is 15.5. The minimum atomic E-state index is -0.439. The van der Waals surface area contributed by atoms with Crippen molar-refractivity contribution in [3.05, 3.63) is 62.7 Å². The van der Waals surface area contributed by atoms with E-state index in [1.807, 2.05) is 12.1 Å². The summed E-state index contributed by atoms with van der Waals surface area (Å²) in [4.78, 5) is 16.6. The Hall–Kier alpha value is -3.15. The second-order valence-corrected chi connectivity index (χ2v) is 10.4. The van der Waals surface area contributed by atoms with Gasteiger partial charge in [0.25, 0.3) is 0 Å². The van der Waals surface area contributed by atoms with Gasteiger partial charge in [0.2, 0.25) is 5.88 Å². The summed E-state index contributed by atoms with van der Waals surface area (Å²) >= 11 is 0. The molecule has 0 aliphatic heterocycles.